The number of rotatable bonds is 3. The third-order valence-corrected chi connectivity index (χ3v) is 10.1. The number of hydrogen-bond acceptors (Lipinski definition) is 4. The molecular weight excluding hydrogens is 613 g/mol. The van der Waals surface area contributed by atoms with E-state index in [0.717, 1.165) is 99.2 Å². The van der Waals surface area contributed by atoms with E-state index in [1.54, 1.807) is 0 Å². The van der Waals surface area contributed by atoms with Crippen LogP contribution < -0.4 is 0 Å². The van der Waals surface area contributed by atoms with Crippen molar-refractivity contribution < 1.29 is 8.83 Å². The fourth-order valence-electron chi connectivity index (χ4n) is 7.87. The smallest absolute Gasteiger partial charge is 0.144 e. The number of furan rings is 2. The summed E-state index contributed by atoms with van der Waals surface area (Å²) >= 11 is 0. The first-order chi connectivity index (χ1) is 24.8. The van der Waals surface area contributed by atoms with Crippen LogP contribution in [0.4, 0.5) is 0 Å². The van der Waals surface area contributed by atoms with Crippen LogP contribution in [-0.2, 0) is 0 Å². The Kier molecular flexibility index (Phi) is 5.63. The van der Waals surface area contributed by atoms with Crippen molar-refractivity contribution >= 4 is 76.5 Å². The highest BCUT2D eigenvalue weighted by Crippen LogP contribution is 2.45. The molecule has 0 N–H and O–H groups in total. The second kappa shape index (κ2) is 10.4. The van der Waals surface area contributed by atoms with Gasteiger partial charge in [0.15, 0.2) is 0 Å². The van der Waals surface area contributed by atoms with Gasteiger partial charge in [-0.15, -0.1) is 0 Å². The van der Waals surface area contributed by atoms with Gasteiger partial charge in [-0.1, -0.05) is 133 Å². The Morgan fingerprint density at radius 2 is 0.960 bits per heavy atom. The summed E-state index contributed by atoms with van der Waals surface area (Å²) in [5.74, 6) is 0. The molecule has 50 heavy (non-hydrogen) atoms. The molecule has 0 unspecified atom stereocenters. The van der Waals surface area contributed by atoms with Crippen molar-refractivity contribution in [3.8, 4) is 33.5 Å². The predicted octanol–water partition coefficient (Wildman–Crippen LogP) is 12.7. The van der Waals surface area contributed by atoms with Crippen molar-refractivity contribution in [3.63, 3.8) is 0 Å². The summed E-state index contributed by atoms with van der Waals surface area (Å²) in [6.07, 6.45) is 1.92. The Hall–Kier alpha value is -6.78. The molecule has 0 aliphatic carbocycles. The standard InChI is InChI=1S/C46H26N2O2/c1-4-14-32(38-26-47-44-34-16-5-2-12-30(34)31-13-3-6-17-35(31)45(44)48-38)29(11-1)27-21-23-28(24-22-27)42-43-36-18-8-10-20-40(36)49-41(43)25-37-33-15-7-9-19-39(33)50-46(37)42/h1-26H. The van der Waals surface area contributed by atoms with Crippen molar-refractivity contribution in [1.29, 1.82) is 0 Å². The Bertz CT molecular complexity index is 3110. The third-order valence-electron chi connectivity index (χ3n) is 10.1. The lowest BCUT2D eigenvalue weighted by atomic mass is 9.93. The first-order valence-corrected chi connectivity index (χ1v) is 16.8. The van der Waals surface area contributed by atoms with Crippen molar-refractivity contribution in [2.75, 3.05) is 0 Å². The lowest BCUT2D eigenvalue weighted by Crippen LogP contribution is -1.94. The summed E-state index contributed by atoms with van der Waals surface area (Å²) in [5, 5.41) is 8.86. The molecule has 0 saturated heterocycles. The quantitative estimate of drug-likeness (QED) is 0.181. The van der Waals surface area contributed by atoms with E-state index in [4.69, 9.17) is 18.8 Å². The molecule has 4 nitrogen and oxygen atoms in total. The summed E-state index contributed by atoms with van der Waals surface area (Å²) in [6.45, 7) is 0. The van der Waals surface area contributed by atoms with Crippen LogP contribution in [0.3, 0.4) is 0 Å². The minimum atomic E-state index is 0.844. The molecule has 0 atom stereocenters. The van der Waals surface area contributed by atoms with E-state index in [2.05, 4.69) is 127 Å². The number of para-hydroxylation sites is 2. The highest BCUT2D eigenvalue weighted by Gasteiger charge is 2.21. The average Bonchev–Trinajstić information content (AvgIpc) is 3.75. The van der Waals surface area contributed by atoms with E-state index in [1.165, 1.54) is 10.8 Å². The van der Waals surface area contributed by atoms with Gasteiger partial charge in [0.1, 0.15) is 22.3 Å². The van der Waals surface area contributed by atoms with Crippen molar-refractivity contribution in [2.45, 2.75) is 0 Å². The number of aromatic nitrogens is 2. The molecule has 8 aromatic carbocycles. The monoisotopic (exact) mass is 638 g/mol. The highest BCUT2D eigenvalue weighted by molar-refractivity contribution is 6.24. The van der Waals surface area contributed by atoms with Crippen molar-refractivity contribution in [3.05, 3.63) is 158 Å². The summed E-state index contributed by atoms with van der Waals surface area (Å²) in [4.78, 5) is 10.3. The molecule has 0 aliphatic rings. The maximum atomic E-state index is 6.59. The normalized spacial score (nSPS) is 12.0. The second-order valence-electron chi connectivity index (χ2n) is 12.9. The fraction of sp³-hybridized carbons (Fsp3) is 0. The van der Waals surface area contributed by atoms with E-state index >= 15 is 0 Å². The largest absolute Gasteiger partial charge is 0.456 e. The number of nitrogens with zero attached hydrogens (tertiary/aromatic N) is 2. The van der Waals surface area contributed by atoms with Gasteiger partial charge in [0.25, 0.3) is 0 Å². The summed E-state index contributed by atoms with van der Waals surface area (Å²) in [7, 11) is 0. The Morgan fingerprint density at radius 3 is 1.70 bits per heavy atom. The van der Waals surface area contributed by atoms with Crippen LogP contribution in [0.15, 0.2) is 167 Å². The van der Waals surface area contributed by atoms with Gasteiger partial charge in [-0.05, 0) is 45.7 Å². The van der Waals surface area contributed by atoms with E-state index in [1.807, 2.05) is 30.5 Å². The Balaban J connectivity index is 1.09. The molecule has 232 valence electrons. The van der Waals surface area contributed by atoms with Crippen LogP contribution in [0.5, 0.6) is 0 Å². The minimum absolute atomic E-state index is 0.844. The first-order valence-electron chi connectivity index (χ1n) is 16.8. The second-order valence-corrected chi connectivity index (χ2v) is 12.9. The predicted molar refractivity (Wildman–Crippen MR) is 205 cm³/mol. The van der Waals surface area contributed by atoms with Crippen molar-refractivity contribution in [1.82, 2.24) is 9.97 Å². The van der Waals surface area contributed by atoms with Crippen LogP contribution in [0.2, 0.25) is 0 Å². The third kappa shape index (κ3) is 3.87. The molecule has 11 aromatic rings. The zero-order valence-corrected chi connectivity index (χ0v) is 26.7. The zero-order chi connectivity index (χ0) is 32.8. The van der Waals surface area contributed by atoms with Crippen LogP contribution >= 0.6 is 0 Å². The molecule has 0 spiro atoms. The van der Waals surface area contributed by atoms with E-state index in [9.17, 15) is 0 Å². The van der Waals surface area contributed by atoms with Crippen LogP contribution in [-0.4, -0.2) is 9.97 Å². The minimum Gasteiger partial charge on any atom is -0.456 e. The fourth-order valence-corrected chi connectivity index (χ4v) is 7.87. The molecule has 0 amide bonds. The van der Waals surface area contributed by atoms with Gasteiger partial charge in [0, 0.05) is 43.4 Å². The van der Waals surface area contributed by atoms with Gasteiger partial charge in [-0.25, -0.2) is 4.98 Å². The van der Waals surface area contributed by atoms with Gasteiger partial charge >= 0.3 is 0 Å². The average molecular weight is 639 g/mol. The zero-order valence-electron chi connectivity index (χ0n) is 26.7. The molecular formula is C46H26N2O2. The Morgan fingerprint density at radius 1 is 0.400 bits per heavy atom. The number of benzene rings is 8. The molecule has 0 bridgehead atoms. The van der Waals surface area contributed by atoms with E-state index in [-0.39, 0.29) is 0 Å². The van der Waals surface area contributed by atoms with E-state index < -0.39 is 0 Å². The van der Waals surface area contributed by atoms with Crippen LogP contribution in [0.1, 0.15) is 0 Å². The number of fused-ring (bicyclic) bond motifs is 12. The maximum absolute atomic E-state index is 6.59. The summed E-state index contributed by atoms with van der Waals surface area (Å²) in [6, 6.07) is 52.7. The molecule has 3 aromatic heterocycles. The van der Waals surface area contributed by atoms with Gasteiger partial charge in [0.2, 0.25) is 0 Å². The van der Waals surface area contributed by atoms with E-state index in [0.29, 0.717) is 0 Å². The maximum Gasteiger partial charge on any atom is 0.144 e. The topological polar surface area (TPSA) is 52.1 Å². The molecule has 0 fully saturated rings. The van der Waals surface area contributed by atoms with Gasteiger partial charge in [-0.2, -0.15) is 0 Å². The van der Waals surface area contributed by atoms with Crippen LogP contribution in [0, 0.1) is 0 Å². The summed E-state index contributed by atoms with van der Waals surface area (Å²) < 4.78 is 13.0. The van der Waals surface area contributed by atoms with Crippen molar-refractivity contribution in [2.24, 2.45) is 0 Å². The number of hydrogen-bond donors (Lipinski definition) is 0. The SMILES string of the molecule is c1ccc(-c2cnc3c4ccccc4c4ccccc4c3n2)c(-c2ccc(-c3c4oc5ccccc5c4cc4oc5ccccc5c34)cc2)c1. The molecule has 11 rings (SSSR count). The van der Waals surface area contributed by atoms with Crippen LogP contribution in [0.25, 0.3) is 110 Å². The lowest BCUT2D eigenvalue weighted by Gasteiger charge is -2.13. The molecule has 0 aliphatic heterocycles. The molecule has 4 heteroatoms. The molecule has 0 radical (unpaired) electrons. The van der Waals surface area contributed by atoms with Gasteiger partial charge in [-0.3, -0.25) is 4.98 Å². The molecule has 0 saturated carbocycles. The lowest BCUT2D eigenvalue weighted by molar-refractivity contribution is 0.664. The first kappa shape index (κ1) is 27.2. The Labute approximate surface area is 285 Å². The van der Waals surface area contributed by atoms with Gasteiger partial charge < -0.3 is 8.83 Å². The summed E-state index contributed by atoms with van der Waals surface area (Å²) in [5.41, 5.74) is 11.5. The highest BCUT2D eigenvalue weighted by atomic mass is 16.3. The van der Waals surface area contributed by atoms with Gasteiger partial charge in [0.05, 0.1) is 22.9 Å². The molecule has 3 heterocycles.